The second kappa shape index (κ2) is 3.37. The van der Waals surface area contributed by atoms with Gasteiger partial charge in [0.1, 0.15) is 0 Å². The van der Waals surface area contributed by atoms with Crippen LogP contribution in [0, 0.1) is 0 Å². The lowest BCUT2D eigenvalue weighted by Gasteiger charge is -2.26. The van der Waals surface area contributed by atoms with E-state index in [4.69, 9.17) is 4.43 Å². The maximum absolute atomic E-state index is 5.43. The van der Waals surface area contributed by atoms with E-state index in [1.165, 1.54) is 6.42 Å². The van der Waals surface area contributed by atoms with Crippen LogP contribution in [0.4, 0.5) is 0 Å². The van der Waals surface area contributed by atoms with Crippen molar-refractivity contribution in [1.82, 2.24) is 0 Å². The average molecular weight is 146 g/mol. The number of hydrogen-bond acceptors (Lipinski definition) is 1. The fraction of sp³-hybridized carbons (Fsp3) is 1.00. The Morgan fingerprint density at radius 3 is 2.00 bits per heavy atom. The summed E-state index contributed by atoms with van der Waals surface area (Å²) < 4.78 is 5.43. The standard InChI is InChI=1S/C7H18OSi/c1-6-7(2)9(4,5)8-3/h7H,6H2,1-5H3. The first-order valence-electron chi connectivity index (χ1n) is 3.59. The van der Waals surface area contributed by atoms with E-state index < -0.39 is 8.32 Å². The summed E-state index contributed by atoms with van der Waals surface area (Å²) in [6.45, 7) is 9.02. The topological polar surface area (TPSA) is 9.23 Å². The van der Waals surface area contributed by atoms with Crippen LogP contribution in [0.25, 0.3) is 0 Å². The second-order valence-corrected chi connectivity index (χ2v) is 7.72. The third kappa shape index (κ3) is 2.50. The molecule has 0 aromatic rings. The van der Waals surface area contributed by atoms with Crippen LogP contribution in [0.5, 0.6) is 0 Å². The van der Waals surface area contributed by atoms with E-state index in [1.807, 2.05) is 7.11 Å². The Morgan fingerprint density at radius 1 is 1.44 bits per heavy atom. The summed E-state index contributed by atoms with van der Waals surface area (Å²) in [6, 6.07) is 0. The molecule has 0 N–H and O–H groups in total. The van der Waals surface area contributed by atoms with Gasteiger partial charge < -0.3 is 4.43 Å². The van der Waals surface area contributed by atoms with E-state index in [9.17, 15) is 0 Å². The van der Waals surface area contributed by atoms with Gasteiger partial charge in [0.25, 0.3) is 0 Å². The van der Waals surface area contributed by atoms with Gasteiger partial charge in [-0.15, -0.1) is 0 Å². The minimum Gasteiger partial charge on any atom is -0.420 e. The van der Waals surface area contributed by atoms with Crippen molar-refractivity contribution in [3.63, 3.8) is 0 Å². The summed E-state index contributed by atoms with van der Waals surface area (Å²) in [4.78, 5) is 0. The Kier molecular flexibility index (Phi) is 3.44. The van der Waals surface area contributed by atoms with Gasteiger partial charge in [-0.1, -0.05) is 20.3 Å². The predicted octanol–water partition coefficient (Wildman–Crippen LogP) is 2.64. The van der Waals surface area contributed by atoms with E-state index in [2.05, 4.69) is 26.9 Å². The Labute approximate surface area is 59.5 Å². The molecule has 0 aromatic carbocycles. The summed E-state index contributed by atoms with van der Waals surface area (Å²) in [5.41, 5.74) is 0.780. The second-order valence-electron chi connectivity index (χ2n) is 3.12. The monoisotopic (exact) mass is 146 g/mol. The molecule has 9 heavy (non-hydrogen) atoms. The summed E-state index contributed by atoms with van der Waals surface area (Å²) in [5, 5.41) is 0. The van der Waals surface area contributed by atoms with Crippen molar-refractivity contribution < 1.29 is 4.43 Å². The summed E-state index contributed by atoms with van der Waals surface area (Å²) in [7, 11) is 0.551. The van der Waals surface area contributed by atoms with Gasteiger partial charge in [0, 0.05) is 7.11 Å². The van der Waals surface area contributed by atoms with Crippen LogP contribution in [0.2, 0.25) is 18.6 Å². The molecule has 1 atom stereocenters. The fourth-order valence-corrected chi connectivity index (χ4v) is 2.08. The van der Waals surface area contributed by atoms with Gasteiger partial charge in [0.05, 0.1) is 0 Å². The molecule has 2 heteroatoms. The number of hydrogen-bond donors (Lipinski definition) is 0. The van der Waals surface area contributed by atoms with Crippen molar-refractivity contribution in [3.8, 4) is 0 Å². The molecule has 0 saturated heterocycles. The molecule has 0 aliphatic carbocycles. The predicted molar refractivity (Wildman–Crippen MR) is 44.2 cm³/mol. The van der Waals surface area contributed by atoms with Crippen molar-refractivity contribution in [2.24, 2.45) is 0 Å². The molecule has 0 saturated carbocycles. The van der Waals surface area contributed by atoms with E-state index in [-0.39, 0.29) is 0 Å². The highest BCUT2D eigenvalue weighted by Crippen LogP contribution is 2.24. The molecule has 0 aliphatic rings. The molecule has 0 rings (SSSR count). The smallest absolute Gasteiger partial charge is 0.188 e. The molecule has 1 nitrogen and oxygen atoms in total. The molecule has 0 heterocycles. The van der Waals surface area contributed by atoms with Crippen LogP contribution < -0.4 is 0 Å². The summed E-state index contributed by atoms with van der Waals surface area (Å²) >= 11 is 0. The Balaban J connectivity index is 3.80. The lowest BCUT2D eigenvalue weighted by Crippen LogP contribution is -2.33. The molecule has 56 valence electrons. The minimum atomic E-state index is -1.28. The Hall–Kier alpha value is 0.177. The minimum absolute atomic E-state index is 0.780. The lowest BCUT2D eigenvalue weighted by atomic mass is 10.4. The van der Waals surface area contributed by atoms with Gasteiger partial charge in [0.15, 0.2) is 8.32 Å². The fourth-order valence-electron chi connectivity index (χ4n) is 0.693. The van der Waals surface area contributed by atoms with Gasteiger partial charge in [-0.25, -0.2) is 0 Å². The Morgan fingerprint density at radius 2 is 1.89 bits per heavy atom. The molecular weight excluding hydrogens is 128 g/mol. The summed E-state index contributed by atoms with van der Waals surface area (Å²) in [5.74, 6) is 0. The van der Waals surface area contributed by atoms with E-state index in [0.717, 1.165) is 5.54 Å². The molecule has 1 unspecified atom stereocenters. The largest absolute Gasteiger partial charge is 0.420 e. The first kappa shape index (κ1) is 9.18. The molecule has 0 fully saturated rings. The van der Waals surface area contributed by atoms with Crippen molar-refractivity contribution in [2.45, 2.75) is 38.9 Å². The molecule has 0 aliphatic heterocycles. The van der Waals surface area contributed by atoms with Crippen molar-refractivity contribution in [2.75, 3.05) is 7.11 Å². The molecule has 0 amide bonds. The van der Waals surface area contributed by atoms with Gasteiger partial charge in [-0.05, 0) is 18.6 Å². The highest BCUT2D eigenvalue weighted by atomic mass is 28.4. The lowest BCUT2D eigenvalue weighted by molar-refractivity contribution is 0.390. The average Bonchev–Trinajstić information content (AvgIpc) is 1.86. The molecule has 0 spiro atoms. The van der Waals surface area contributed by atoms with Crippen LogP contribution in [-0.2, 0) is 4.43 Å². The van der Waals surface area contributed by atoms with Gasteiger partial charge in [-0.2, -0.15) is 0 Å². The van der Waals surface area contributed by atoms with Crippen LogP contribution in [0.1, 0.15) is 20.3 Å². The van der Waals surface area contributed by atoms with Gasteiger partial charge in [0.2, 0.25) is 0 Å². The molecular formula is C7H18OSi. The van der Waals surface area contributed by atoms with Crippen LogP contribution >= 0.6 is 0 Å². The van der Waals surface area contributed by atoms with Crippen molar-refractivity contribution >= 4 is 8.32 Å². The van der Waals surface area contributed by atoms with Crippen LogP contribution in [0.15, 0.2) is 0 Å². The van der Waals surface area contributed by atoms with E-state index in [1.54, 1.807) is 0 Å². The van der Waals surface area contributed by atoms with E-state index in [0.29, 0.717) is 0 Å². The normalized spacial score (nSPS) is 15.7. The first-order chi connectivity index (χ1) is 4.04. The molecule has 0 aromatic heterocycles. The van der Waals surface area contributed by atoms with Gasteiger partial charge in [-0.3, -0.25) is 0 Å². The van der Waals surface area contributed by atoms with Crippen molar-refractivity contribution in [1.29, 1.82) is 0 Å². The third-order valence-corrected chi connectivity index (χ3v) is 6.16. The highest BCUT2D eigenvalue weighted by molar-refractivity contribution is 6.72. The maximum Gasteiger partial charge on any atom is 0.188 e. The highest BCUT2D eigenvalue weighted by Gasteiger charge is 2.26. The third-order valence-electron chi connectivity index (χ3n) is 2.33. The zero-order chi connectivity index (χ0) is 7.49. The zero-order valence-electron chi connectivity index (χ0n) is 7.19. The SMILES string of the molecule is CCC(C)[Si](C)(C)OC. The molecule has 0 radical (unpaired) electrons. The molecule has 0 bridgehead atoms. The van der Waals surface area contributed by atoms with E-state index >= 15 is 0 Å². The summed E-state index contributed by atoms with van der Waals surface area (Å²) in [6.07, 6.45) is 1.24. The Bertz CT molecular complexity index is 81.0. The van der Waals surface area contributed by atoms with Crippen molar-refractivity contribution in [3.05, 3.63) is 0 Å². The maximum atomic E-state index is 5.43. The van der Waals surface area contributed by atoms with Gasteiger partial charge >= 0.3 is 0 Å². The zero-order valence-corrected chi connectivity index (χ0v) is 8.19. The number of rotatable bonds is 3. The van der Waals surface area contributed by atoms with Crippen LogP contribution in [0.3, 0.4) is 0 Å². The van der Waals surface area contributed by atoms with Crippen LogP contribution in [-0.4, -0.2) is 15.4 Å². The quantitative estimate of drug-likeness (QED) is 0.556. The first-order valence-corrected chi connectivity index (χ1v) is 6.58.